The summed E-state index contributed by atoms with van der Waals surface area (Å²) in [7, 11) is 2.11. The lowest BCUT2D eigenvalue weighted by Gasteiger charge is -2.27. The number of amides is 1. The maximum absolute atomic E-state index is 11.6. The van der Waals surface area contributed by atoms with E-state index in [9.17, 15) is 4.79 Å². The van der Waals surface area contributed by atoms with Crippen LogP contribution in [-0.4, -0.2) is 24.7 Å². The number of aryl methyl sites for hydroxylation is 1. The summed E-state index contributed by atoms with van der Waals surface area (Å²) in [5.74, 6) is -0.176. The molecule has 0 bridgehead atoms. The lowest BCUT2D eigenvalue weighted by Crippen LogP contribution is -2.24. The van der Waals surface area contributed by atoms with Gasteiger partial charge in [0.05, 0.1) is 4.91 Å². The molecule has 98 valence electrons. The second-order valence-corrected chi connectivity index (χ2v) is 5.86. The Kier molecular flexibility index (Phi) is 3.06. The van der Waals surface area contributed by atoms with Crippen molar-refractivity contribution in [2.75, 3.05) is 18.5 Å². The van der Waals surface area contributed by atoms with Crippen molar-refractivity contribution in [3.8, 4) is 0 Å². The van der Waals surface area contributed by atoms with Gasteiger partial charge in [0.1, 0.15) is 0 Å². The lowest BCUT2D eigenvalue weighted by atomic mass is 9.99. The fourth-order valence-corrected chi connectivity index (χ4v) is 3.19. The molecule has 0 aliphatic carbocycles. The molecule has 0 unspecified atom stereocenters. The number of rotatable bonds is 1. The number of carbonyl (C=O) groups is 1. The number of nitrogens with one attached hydrogen (secondary N) is 2. The molecule has 0 atom stereocenters. The molecule has 1 aromatic rings. The van der Waals surface area contributed by atoms with Gasteiger partial charge in [-0.25, -0.2) is 0 Å². The fraction of sp³-hybridized carbons (Fsp3) is 0.286. The minimum absolute atomic E-state index is 0.176. The van der Waals surface area contributed by atoms with Gasteiger partial charge in [-0.05, 0) is 53.9 Å². The van der Waals surface area contributed by atoms with E-state index in [0.717, 1.165) is 18.5 Å². The summed E-state index contributed by atoms with van der Waals surface area (Å²) in [5.41, 5.74) is 3.65. The van der Waals surface area contributed by atoms with Gasteiger partial charge in [-0.3, -0.25) is 10.2 Å². The van der Waals surface area contributed by atoms with Gasteiger partial charge in [-0.15, -0.1) is 0 Å². The predicted molar refractivity (Wildman–Crippen MR) is 79.5 cm³/mol. The third-order valence-corrected chi connectivity index (χ3v) is 4.24. The molecule has 0 spiro atoms. The maximum atomic E-state index is 11.6. The quantitative estimate of drug-likeness (QED) is 0.771. The summed E-state index contributed by atoms with van der Waals surface area (Å²) in [6.45, 7) is 1.10. The fourth-order valence-electron chi connectivity index (χ4n) is 2.49. The molecule has 5 heteroatoms. The number of thioether (sulfide) groups is 1. The van der Waals surface area contributed by atoms with Crippen LogP contribution >= 0.6 is 11.8 Å². The van der Waals surface area contributed by atoms with Crippen molar-refractivity contribution in [1.29, 1.82) is 5.41 Å². The van der Waals surface area contributed by atoms with Gasteiger partial charge < -0.3 is 10.2 Å². The first-order valence-electron chi connectivity index (χ1n) is 6.27. The lowest BCUT2D eigenvalue weighted by molar-refractivity contribution is -0.115. The minimum atomic E-state index is -0.176. The van der Waals surface area contributed by atoms with Crippen LogP contribution in [0.25, 0.3) is 6.08 Å². The first-order chi connectivity index (χ1) is 9.13. The highest BCUT2D eigenvalue weighted by molar-refractivity contribution is 8.18. The van der Waals surface area contributed by atoms with Gasteiger partial charge in [-0.1, -0.05) is 6.07 Å². The summed E-state index contributed by atoms with van der Waals surface area (Å²) in [5, 5.41) is 10.1. The Bertz CT molecular complexity index is 594. The van der Waals surface area contributed by atoms with Gasteiger partial charge in [0.2, 0.25) is 0 Å². The molecule has 2 N–H and O–H groups in total. The number of hydrogen-bond acceptors (Lipinski definition) is 4. The first-order valence-corrected chi connectivity index (χ1v) is 7.08. The number of anilines is 1. The van der Waals surface area contributed by atoms with Crippen molar-refractivity contribution < 1.29 is 4.79 Å². The Morgan fingerprint density at radius 1 is 1.47 bits per heavy atom. The van der Waals surface area contributed by atoms with Crippen molar-refractivity contribution >= 4 is 34.6 Å². The number of amidine groups is 1. The number of hydrogen-bond donors (Lipinski definition) is 2. The van der Waals surface area contributed by atoms with Gasteiger partial charge in [-0.2, -0.15) is 0 Å². The number of benzene rings is 1. The highest BCUT2D eigenvalue weighted by atomic mass is 32.2. The number of nitrogens with zero attached hydrogens (tertiary/aromatic N) is 1. The van der Waals surface area contributed by atoms with E-state index >= 15 is 0 Å². The zero-order valence-electron chi connectivity index (χ0n) is 10.7. The van der Waals surface area contributed by atoms with Crippen LogP contribution in [0.15, 0.2) is 23.1 Å². The largest absolute Gasteiger partial charge is 0.374 e. The third kappa shape index (κ3) is 2.38. The topological polar surface area (TPSA) is 56.2 Å². The molecule has 2 aliphatic rings. The Hall–Kier alpha value is -1.75. The molecular formula is C14H15N3OS. The van der Waals surface area contributed by atoms with Crippen molar-refractivity contribution in [3.63, 3.8) is 0 Å². The van der Waals surface area contributed by atoms with E-state index in [1.807, 2.05) is 12.1 Å². The molecule has 19 heavy (non-hydrogen) atoms. The SMILES string of the molecule is CN1CCCc2cc(C=C3SC(=N)NC3=O)ccc21. The smallest absolute Gasteiger partial charge is 0.264 e. The molecule has 1 fully saturated rings. The van der Waals surface area contributed by atoms with E-state index in [1.54, 1.807) is 0 Å². The van der Waals surface area contributed by atoms with Crippen LogP contribution in [0.4, 0.5) is 5.69 Å². The molecule has 1 saturated heterocycles. The second-order valence-electron chi connectivity index (χ2n) is 4.81. The van der Waals surface area contributed by atoms with E-state index in [1.165, 1.54) is 29.4 Å². The first kappa shape index (κ1) is 12.3. The zero-order chi connectivity index (χ0) is 13.4. The monoisotopic (exact) mass is 273 g/mol. The van der Waals surface area contributed by atoms with Crippen LogP contribution in [0.1, 0.15) is 17.5 Å². The molecule has 3 rings (SSSR count). The van der Waals surface area contributed by atoms with Crippen LogP contribution in [0.2, 0.25) is 0 Å². The normalized spacial score (nSPS) is 20.7. The van der Waals surface area contributed by atoms with Gasteiger partial charge in [0.25, 0.3) is 5.91 Å². The van der Waals surface area contributed by atoms with Crippen molar-refractivity contribution in [3.05, 3.63) is 34.2 Å². The van der Waals surface area contributed by atoms with E-state index in [-0.39, 0.29) is 11.1 Å². The zero-order valence-corrected chi connectivity index (χ0v) is 11.5. The highest BCUT2D eigenvalue weighted by Crippen LogP contribution is 2.29. The van der Waals surface area contributed by atoms with Crippen LogP contribution in [0.3, 0.4) is 0 Å². The van der Waals surface area contributed by atoms with Crippen LogP contribution in [-0.2, 0) is 11.2 Å². The van der Waals surface area contributed by atoms with Gasteiger partial charge >= 0.3 is 0 Å². The van der Waals surface area contributed by atoms with Gasteiger partial charge in [0, 0.05) is 19.3 Å². The number of fused-ring (bicyclic) bond motifs is 1. The molecule has 2 aliphatic heterocycles. The standard InChI is InChI=1S/C14H15N3OS/c1-17-6-2-3-10-7-9(4-5-11(10)17)8-12-13(18)16-14(15)19-12/h4-5,7-8H,2-3,6H2,1H3,(H2,15,16,18). The molecular weight excluding hydrogens is 258 g/mol. The average Bonchev–Trinajstić information content (AvgIpc) is 2.68. The Morgan fingerprint density at radius 2 is 2.32 bits per heavy atom. The van der Waals surface area contributed by atoms with E-state index < -0.39 is 0 Å². The number of carbonyl (C=O) groups excluding carboxylic acids is 1. The van der Waals surface area contributed by atoms with Crippen LogP contribution < -0.4 is 10.2 Å². The third-order valence-electron chi connectivity index (χ3n) is 3.42. The van der Waals surface area contributed by atoms with E-state index in [0.29, 0.717) is 4.91 Å². The van der Waals surface area contributed by atoms with Crippen molar-refractivity contribution in [2.45, 2.75) is 12.8 Å². The summed E-state index contributed by atoms with van der Waals surface area (Å²) in [6, 6.07) is 6.29. The average molecular weight is 273 g/mol. The molecule has 1 amide bonds. The molecule has 0 aromatic heterocycles. The van der Waals surface area contributed by atoms with Crippen molar-refractivity contribution in [2.24, 2.45) is 0 Å². The summed E-state index contributed by atoms with van der Waals surface area (Å²) >= 11 is 1.18. The van der Waals surface area contributed by atoms with Crippen molar-refractivity contribution in [1.82, 2.24) is 5.32 Å². The Balaban J connectivity index is 1.93. The predicted octanol–water partition coefficient (Wildman–Crippen LogP) is 2.21. The molecule has 4 nitrogen and oxygen atoms in total. The molecule has 1 aromatic carbocycles. The molecule has 0 saturated carbocycles. The summed E-state index contributed by atoms with van der Waals surface area (Å²) < 4.78 is 0. The van der Waals surface area contributed by atoms with Crippen LogP contribution in [0, 0.1) is 5.41 Å². The summed E-state index contributed by atoms with van der Waals surface area (Å²) in [6.07, 6.45) is 4.12. The van der Waals surface area contributed by atoms with E-state index in [2.05, 4.69) is 29.4 Å². The minimum Gasteiger partial charge on any atom is -0.374 e. The van der Waals surface area contributed by atoms with Gasteiger partial charge in [0.15, 0.2) is 5.17 Å². The Morgan fingerprint density at radius 3 is 3.05 bits per heavy atom. The highest BCUT2D eigenvalue weighted by Gasteiger charge is 2.22. The maximum Gasteiger partial charge on any atom is 0.264 e. The molecule has 2 heterocycles. The summed E-state index contributed by atoms with van der Waals surface area (Å²) in [4.78, 5) is 14.4. The van der Waals surface area contributed by atoms with Crippen LogP contribution in [0.5, 0.6) is 0 Å². The second kappa shape index (κ2) is 4.74. The van der Waals surface area contributed by atoms with E-state index in [4.69, 9.17) is 5.41 Å². The Labute approximate surface area is 116 Å². The molecule has 0 radical (unpaired) electrons.